The van der Waals surface area contributed by atoms with E-state index in [9.17, 15) is 4.79 Å². The van der Waals surface area contributed by atoms with Crippen LogP contribution in [0.25, 0.3) is 10.9 Å². The average Bonchev–Trinajstić information content (AvgIpc) is 2.89. The van der Waals surface area contributed by atoms with E-state index in [1.54, 1.807) is 6.20 Å². The zero-order valence-electron chi connectivity index (χ0n) is 12.0. The summed E-state index contributed by atoms with van der Waals surface area (Å²) in [6, 6.07) is 9.66. The van der Waals surface area contributed by atoms with Crippen LogP contribution < -0.4 is 5.32 Å². The fourth-order valence-electron chi connectivity index (χ4n) is 2.26. The first-order valence-electron chi connectivity index (χ1n) is 6.76. The van der Waals surface area contributed by atoms with Gasteiger partial charge >= 0.3 is 0 Å². The molecule has 0 spiro atoms. The number of imidazole rings is 1. The van der Waals surface area contributed by atoms with Crippen LogP contribution in [0.3, 0.4) is 0 Å². The third-order valence-electron chi connectivity index (χ3n) is 3.49. The second-order valence-corrected chi connectivity index (χ2v) is 4.95. The molecule has 106 valence electrons. The van der Waals surface area contributed by atoms with Crippen LogP contribution in [-0.4, -0.2) is 20.4 Å². The van der Waals surface area contributed by atoms with E-state index in [4.69, 9.17) is 0 Å². The number of nitrogens with one attached hydrogen (secondary N) is 1. The van der Waals surface area contributed by atoms with Gasteiger partial charge in [-0.1, -0.05) is 18.2 Å². The van der Waals surface area contributed by atoms with Gasteiger partial charge in [-0.3, -0.25) is 9.78 Å². The quantitative estimate of drug-likeness (QED) is 0.800. The van der Waals surface area contributed by atoms with Crippen molar-refractivity contribution in [3.63, 3.8) is 0 Å². The van der Waals surface area contributed by atoms with Gasteiger partial charge in [0.2, 0.25) is 0 Å². The normalized spacial score (nSPS) is 10.8. The van der Waals surface area contributed by atoms with Gasteiger partial charge in [-0.05, 0) is 19.1 Å². The number of aromatic nitrogens is 3. The second-order valence-electron chi connectivity index (χ2n) is 4.95. The van der Waals surface area contributed by atoms with Gasteiger partial charge in [0.05, 0.1) is 23.3 Å². The van der Waals surface area contributed by atoms with Gasteiger partial charge in [0.1, 0.15) is 5.82 Å². The zero-order valence-corrected chi connectivity index (χ0v) is 12.0. The van der Waals surface area contributed by atoms with E-state index >= 15 is 0 Å². The number of hydrogen-bond acceptors (Lipinski definition) is 3. The van der Waals surface area contributed by atoms with Gasteiger partial charge in [0.15, 0.2) is 0 Å². The lowest BCUT2D eigenvalue weighted by Crippen LogP contribution is -2.25. The van der Waals surface area contributed by atoms with Gasteiger partial charge in [-0.15, -0.1) is 0 Å². The maximum Gasteiger partial charge on any atom is 0.253 e. The standard InChI is InChI=1S/C16H16N4O/c1-11-13(9-12-5-3-4-6-14(12)19-11)16(21)18-10-15-17-7-8-20(15)2/h3-9H,10H2,1-2H3,(H,18,21). The summed E-state index contributed by atoms with van der Waals surface area (Å²) in [7, 11) is 1.90. The minimum Gasteiger partial charge on any atom is -0.345 e. The Hall–Kier alpha value is -2.69. The van der Waals surface area contributed by atoms with Crippen LogP contribution in [0.15, 0.2) is 42.7 Å². The summed E-state index contributed by atoms with van der Waals surface area (Å²) < 4.78 is 1.88. The number of fused-ring (bicyclic) bond motifs is 1. The molecule has 3 rings (SSSR count). The Morgan fingerprint density at radius 1 is 1.33 bits per heavy atom. The Bertz CT molecular complexity index is 807. The highest BCUT2D eigenvalue weighted by molar-refractivity contribution is 5.98. The predicted molar refractivity (Wildman–Crippen MR) is 80.9 cm³/mol. The Labute approximate surface area is 122 Å². The van der Waals surface area contributed by atoms with E-state index in [0.29, 0.717) is 12.1 Å². The molecule has 0 aliphatic rings. The third-order valence-corrected chi connectivity index (χ3v) is 3.49. The molecule has 0 aliphatic carbocycles. The monoisotopic (exact) mass is 280 g/mol. The molecule has 2 aromatic heterocycles. The van der Waals surface area contributed by atoms with Crippen LogP contribution in [-0.2, 0) is 13.6 Å². The number of para-hydroxylation sites is 1. The van der Waals surface area contributed by atoms with E-state index in [2.05, 4.69) is 15.3 Å². The average molecular weight is 280 g/mol. The van der Waals surface area contributed by atoms with Gasteiger partial charge in [0, 0.05) is 24.8 Å². The number of benzene rings is 1. The summed E-state index contributed by atoms with van der Waals surface area (Å²) in [5.41, 5.74) is 2.23. The molecule has 5 heteroatoms. The number of aryl methyl sites for hydroxylation is 2. The molecule has 0 saturated carbocycles. The molecule has 1 amide bonds. The first-order chi connectivity index (χ1) is 10.1. The van der Waals surface area contributed by atoms with Crippen LogP contribution in [0.2, 0.25) is 0 Å². The number of rotatable bonds is 3. The largest absolute Gasteiger partial charge is 0.345 e. The van der Waals surface area contributed by atoms with Crippen molar-refractivity contribution < 1.29 is 4.79 Å². The third kappa shape index (κ3) is 2.63. The minimum absolute atomic E-state index is 0.131. The van der Waals surface area contributed by atoms with Crippen molar-refractivity contribution in [1.82, 2.24) is 19.9 Å². The Morgan fingerprint density at radius 2 is 2.14 bits per heavy atom. The first-order valence-corrected chi connectivity index (χ1v) is 6.76. The van der Waals surface area contributed by atoms with Crippen molar-refractivity contribution in [2.45, 2.75) is 13.5 Å². The maximum absolute atomic E-state index is 12.3. The summed E-state index contributed by atoms with van der Waals surface area (Å²) >= 11 is 0. The Morgan fingerprint density at radius 3 is 2.90 bits per heavy atom. The van der Waals surface area contributed by atoms with E-state index in [-0.39, 0.29) is 5.91 Å². The minimum atomic E-state index is -0.131. The topological polar surface area (TPSA) is 59.8 Å². The van der Waals surface area contributed by atoms with Gasteiger partial charge < -0.3 is 9.88 Å². The molecule has 0 bridgehead atoms. The Balaban J connectivity index is 1.84. The van der Waals surface area contributed by atoms with Crippen LogP contribution >= 0.6 is 0 Å². The molecule has 0 atom stereocenters. The molecule has 1 N–H and O–H groups in total. The molecule has 3 aromatic rings. The molecule has 1 aromatic carbocycles. The molecular formula is C16H16N4O. The summed E-state index contributed by atoms with van der Waals surface area (Å²) in [6.45, 7) is 2.25. The highest BCUT2D eigenvalue weighted by Crippen LogP contribution is 2.16. The number of hydrogen-bond donors (Lipinski definition) is 1. The molecule has 0 unspecified atom stereocenters. The molecular weight excluding hydrogens is 264 g/mol. The molecule has 21 heavy (non-hydrogen) atoms. The highest BCUT2D eigenvalue weighted by atomic mass is 16.1. The van der Waals surface area contributed by atoms with Crippen LogP contribution in [0.5, 0.6) is 0 Å². The predicted octanol–water partition coefficient (Wildman–Crippen LogP) is 2.21. The van der Waals surface area contributed by atoms with Gasteiger partial charge in [-0.2, -0.15) is 0 Å². The SMILES string of the molecule is Cc1nc2ccccc2cc1C(=O)NCc1nccn1C. The zero-order chi connectivity index (χ0) is 14.8. The fourth-order valence-corrected chi connectivity index (χ4v) is 2.26. The number of carbonyl (C=O) groups is 1. The number of nitrogens with zero attached hydrogens (tertiary/aromatic N) is 3. The lowest BCUT2D eigenvalue weighted by Gasteiger charge is -2.08. The van der Waals surface area contributed by atoms with Crippen LogP contribution in [0, 0.1) is 6.92 Å². The molecule has 2 heterocycles. The van der Waals surface area contributed by atoms with E-state index < -0.39 is 0 Å². The molecule has 0 radical (unpaired) electrons. The van der Waals surface area contributed by atoms with E-state index in [1.165, 1.54) is 0 Å². The summed E-state index contributed by atoms with van der Waals surface area (Å²) in [5.74, 6) is 0.684. The number of pyridine rings is 1. The van der Waals surface area contributed by atoms with Crippen LogP contribution in [0.1, 0.15) is 21.9 Å². The molecule has 5 nitrogen and oxygen atoms in total. The lowest BCUT2D eigenvalue weighted by molar-refractivity contribution is 0.0948. The first kappa shape index (κ1) is 13.3. The van der Waals surface area contributed by atoms with Crippen molar-refractivity contribution in [3.05, 3.63) is 59.8 Å². The van der Waals surface area contributed by atoms with Gasteiger partial charge in [0.25, 0.3) is 5.91 Å². The van der Waals surface area contributed by atoms with E-state index in [0.717, 1.165) is 22.4 Å². The molecule has 0 saturated heterocycles. The van der Waals surface area contributed by atoms with Crippen molar-refractivity contribution >= 4 is 16.8 Å². The summed E-state index contributed by atoms with van der Waals surface area (Å²) in [5, 5.41) is 3.85. The van der Waals surface area contributed by atoms with Crippen molar-refractivity contribution in [2.24, 2.45) is 7.05 Å². The maximum atomic E-state index is 12.3. The van der Waals surface area contributed by atoms with Gasteiger partial charge in [-0.25, -0.2) is 4.98 Å². The summed E-state index contributed by atoms with van der Waals surface area (Å²) in [4.78, 5) is 21.0. The summed E-state index contributed by atoms with van der Waals surface area (Å²) in [6.07, 6.45) is 3.56. The smallest absolute Gasteiger partial charge is 0.253 e. The molecule has 0 aliphatic heterocycles. The molecule has 0 fully saturated rings. The number of amides is 1. The van der Waals surface area contributed by atoms with E-state index in [1.807, 2.05) is 55.1 Å². The lowest BCUT2D eigenvalue weighted by atomic mass is 10.1. The van der Waals surface area contributed by atoms with Crippen molar-refractivity contribution in [2.75, 3.05) is 0 Å². The van der Waals surface area contributed by atoms with Crippen molar-refractivity contribution in [1.29, 1.82) is 0 Å². The number of carbonyl (C=O) groups excluding carboxylic acids is 1. The van der Waals surface area contributed by atoms with Crippen molar-refractivity contribution in [3.8, 4) is 0 Å². The van der Waals surface area contributed by atoms with Crippen LogP contribution in [0.4, 0.5) is 0 Å². The second kappa shape index (κ2) is 5.36. The Kier molecular flexibility index (Phi) is 3.39. The fraction of sp³-hybridized carbons (Fsp3) is 0.188. The highest BCUT2D eigenvalue weighted by Gasteiger charge is 2.12.